The Hall–Kier alpha value is -2.34. The number of carbonyl (C=O) groups is 1. The van der Waals surface area contributed by atoms with E-state index in [1.54, 1.807) is 16.9 Å². The summed E-state index contributed by atoms with van der Waals surface area (Å²) in [4.78, 5) is 12.5. The van der Waals surface area contributed by atoms with Gasteiger partial charge in [-0.2, -0.15) is 5.10 Å². The smallest absolute Gasteiger partial charge is 0.242 e. The zero-order valence-corrected chi connectivity index (χ0v) is 15.6. The summed E-state index contributed by atoms with van der Waals surface area (Å²) in [6.45, 7) is 10.5. The number of rotatable bonds is 8. The second-order valence-corrected chi connectivity index (χ2v) is 6.36. The first kappa shape index (κ1) is 19.0. The van der Waals surface area contributed by atoms with Gasteiger partial charge in [-0.25, -0.2) is 4.68 Å². The number of nitrogens with zero attached hydrogens (tertiary/aromatic N) is 2. The molecule has 6 nitrogen and oxygen atoms in total. The van der Waals surface area contributed by atoms with Gasteiger partial charge in [0.2, 0.25) is 5.91 Å². The van der Waals surface area contributed by atoms with E-state index in [0.29, 0.717) is 12.4 Å². The fraction of sp³-hybridized carbons (Fsp3) is 0.474. The molecule has 0 aliphatic heterocycles. The van der Waals surface area contributed by atoms with E-state index in [4.69, 9.17) is 4.74 Å². The fourth-order valence-corrected chi connectivity index (χ4v) is 2.65. The van der Waals surface area contributed by atoms with Gasteiger partial charge in [0, 0.05) is 18.2 Å². The van der Waals surface area contributed by atoms with Crippen LogP contribution in [-0.4, -0.2) is 28.3 Å². The van der Waals surface area contributed by atoms with Gasteiger partial charge in [-0.3, -0.25) is 10.1 Å². The van der Waals surface area contributed by atoms with Crippen LogP contribution in [0.5, 0.6) is 5.75 Å². The third-order valence-corrected chi connectivity index (χ3v) is 3.97. The van der Waals surface area contributed by atoms with E-state index in [1.807, 2.05) is 58.9 Å². The number of anilines is 1. The Balaban J connectivity index is 1.98. The lowest BCUT2D eigenvalue weighted by molar-refractivity contribution is -0.118. The largest absolute Gasteiger partial charge is 0.494 e. The average Bonchev–Trinajstić information content (AvgIpc) is 3.03. The van der Waals surface area contributed by atoms with Gasteiger partial charge in [0.25, 0.3) is 0 Å². The molecule has 0 saturated heterocycles. The molecule has 2 rings (SSSR count). The summed E-state index contributed by atoms with van der Waals surface area (Å²) in [5.41, 5.74) is 1.08. The summed E-state index contributed by atoms with van der Waals surface area (Å²) in [5, 5.41) is 10.5. The minimum absolute atomic E-state index is 0.0242. The van der Waals surface area contributed by atoms with Crippen molar-refractivity contribution in [3.8, 4) is 5.75 Å². The van der Waals surface area contributed by atoms with Crippen molar-refractivity contribution in [3.63, 3.8) is 0 Å². The summed E-state index contributed by atoms with van der Waals surface area (Å²) < 4.78 is 7.33. The molecule has 0 radical (unpaired) electrons. The third kappa shape index (κ3) is 5.06. The molecule has 0 bridgehead atoms. The highest BCUT2D eigenvalue weighted by Crippen LogP contribution is 2.20. The van der Waals surface area contributed by atoms with Crippen LogP contribution in [0, 0.1) is 0 Å². The molecule has 2 aromatic rings. The van der Waals surface area contributed by atoms with E-state index >= 15 is 0 Å². The zero-order chi connectivity index (χ0) is 18.4. The Morgan fingerprint density at radius 1 is 1.24 bits per heavy atom. The first-order chi connectivity index (χ1) is 11.9. The summed E-state index contributed by atoms with van der Waals surface area (Å²) in [6, 6.07) is 9.59. The second-order valence-electron chi connectivity index (χ2n) is 6.36. The van der Waals surface area contributed by atoms with Crippen molar-refractivity contribution in [1.29, 1.82) is 0 Å². The summed E-state index contributed by atoms with van der Waals surface area (Å²) >= 11 is 0. The molecule has 0 fully saturated rings. The van der Waals surface area contributed by atoms with Crippen molar-refractivity contribution in [3.05, 3.63) is 42.1 Å². The van der Waals surface area contributed by atoms with Crippen LogP contribution in [-0.2, 0) is 4.79 Å². The molecule has 6 heteroatoms. The van der Waals surface area contributed by atoms with E-state index in [-0.39, 0.29) is 24.0 Å². The average molecular weight is 344 g/mol. The van der Waals surface area contributed by atoms with Crippen LogP contribution >= 0.6 is 0 Å². The van der Waals surface area contributed by atoms with Crippen LogP contribution in [0.4, 0.5) is 5.82 Å². The van der Waals surface area contributed by atoms with Crippen molar-refractivity contribution in [2.24, 2.45) is 0 Å². The lowest BCUT2D eigenvalue weighted by Gasteiger charge is -2.21. The normalized spacial score (nSPS) is 13.5. The Bertz CT molecular complexity index is 696. The van der Waals surface area contributed by atoms with E-state index in [1.165, 1.54) is 0 Å². The highest BCUT2D eigenvalue weighted by molar-refractivity contribution is 5.93. The van der Waals surface area contributed by atoms with Crippen molar-refractivity contribution in [2.75, 3.05) is 11.9 Å². The highest BCUT2D eigenvalue weighted by Gasteiger charge is 2.18. The van der Waals surface area contributed by atoms with Gasteiger partial charge in [0.15, 0.2) is 0 Å². The number of ether oxygens (including phenoxy) is 1. The molecule has 1 amide bonds. The quantitative estimate of drug-likeness (QED) is 0.768. The van der Waals surface area contributed by atoms with Crippen molar-refractivity contribution < 1.29 is 9.53 Å². The number of nitrogens with one attached hydrogen (secondary N) is 2. The van der Waals surface area contributed by atoms with Crippen LogP contribution in [0.3, 0.4) is 0 Å². The minimum Gasteiger partial charge on any atom is -0.494 e. The standard InChI is InChI=1S/C19H28N4O2/c1-6-25-17-9-7-8-16(12-17)14(4)21-15(5)19(24)22-18-10-11-20-23(18)13(2)3/h7-15,21H,6H2,1-5H3,(H,22,24). The van der Waals surface area contributed by atoms with Crippen molar-refractivity contribution in [1.82, 2.24) is 15.1 Å². The molecule has 1 heterocycles. The van der Waals surface area contributed by atoms with E-state index in [0.717, 1.165) is 11.3 Å². The molecule has 0 spiro atoms. The van der Waals surface area contributed by atoms with Gasteiger partial charge >= 0.3 is 0 Å². The van der Waals surface area contributed by atoms with Crippen molar-refractivity contribution >= 4 is 11.7 Å². The second kappa shape index (κ2) is 8.67. The predicted octanol–water partition coefficient (Wildman–Crippen LogP) is 3.54. The Morgan fingerprint density at radius 3 is 2.68 bits per heavy atom. The number of amides is 1. The van der Waals surface area contributed by atoms with Gasteiger partial charge in [-0.05, 0) is 52.3 Å². The van der Waals surface area contributed by atoms with Crippen LogP contribution in [0.2, 0.25) is 0 Å². The maximum Gasteiger partial charge on any atom is 0.242 e. The van der Waals surface area contributed by atoms with E-state index in [2.05, 4.69) is 15.7 Å². The SMILES string of the molecule is CCOc1cccc(C(C)NC(C)C(=O)Nc2ccnn2C(C)C)c1. The fourth-order valence-electron chi connectivity index (χ4n) is 2.65. The molecule has 25 heavy (non-hydrogen) atoms. The minimum atomic E-state index is -0.346. The lowest BCUT2D eigenvalue weighted by atomic mass is 10.1. The summed E-state index contributed by atoms with van der Waals surface area (Å²) in [7, 11) is 0. The van der Waals surface area contributed by atoms with Gasteiger partial charge in [-0.1, -0.05) is 12.1 Å². The van der Waals surface area contributed by atoms with Crippen molar-refractivity contribution in [2.45, 2.75) is 52.7 Å². The number of aromatic nitrogens is 2. The number of hydrogen-bond donors (Lipinski definition) is 2. The first-order valence-corrected chi connectivity index (χ1v) is 8.75. The third-order valence-electron chi connectivity index (χ3n) is 3.97. The summed E-state index contributed by atoms with van der Waals surface area (Å²) in [5.74, 6) is 1.46. The molecule has 2 atom stereocenters. The van der Waals surface area contributed by atoms with Gasteiger partial charge < -0.3 is 10.1 Å². The predicted molar refractivity (Wildman–Crippen MR) is 99.9 cm³/mol. The molecule has 1 aromatic heterocycles. The van der Waals surface area contributed by atoms with Crippen LogP contribution < -0.4 is 15.4 Å². The van der Waals surface area contributed by atoms with Crippen LogP contribution in [0.15, 0.2) is 36.5 Å². The van der Waals surface area contributed by atoms with Gasteiger partial charge in [0.1, 0.15) is 11.6 Å². The lowest BCUT2D eigenvalue weighted by Crippen LogP contribution is -2.39. The zero-order valence-electron chi connectivity index (χ0n) is 15.6. The Kier molecular flexibility index (Phi) is 6.58. The Labute approximate surface area is 149 Å². The topological polar surface area (TPSA) is 68.2 Å². The highest BCUT2D eigenvalue weighted by atomic mass is 16.5. The first-order valence-electron chi connectivity index (χ1n) is 8.75. The maximum atomic E-state index is 12.5. The molecule has 136 valence electrons. The van der Waals surface area contributed by atoms with Gasteiger partial charge in [0.05, 0.1) is 18.8 Å². The van der Waals surface area contributed by atoms with E-state index in [9.17, 15) is 4.79 Å². The summed E-state index contributed by atoms with van der Waals surface area (Å²) in [6.07, 6.45) is 1.69. The van der Waals surface area contributed by atoms with Crippen LogP contribution in [0.25, 0.3) is 0 Å². The number of carbonyl (C=O) groups excluding carboxylic acids is 1. The molecule has 0 aliphatic rings. The molecule has 0 aliphatic carbocycles. The van der Waals surface area contributed by atoms with E-state index < -0.39 is 0 Å². The molecule has 0 saturated carbocycles. The number of benzene rings is 1. The molecular formula is C19H28N4O2. The molecular weight excluding hydrogens is 316 g/mol. The molecule has 1 aromatic carbocycles. The van der Waals surface area contributed by atoms with Gasteiger partial charge in [-0.15, -0.1) is 0 Å². The molecule has 2 unspecified atom stereocenters. The Morgan fingerprint density at radius 2 is 2.00 bits per heavy atom. The molecule has 2 N–H and O–H groups in total. The number of hydrogen-bond acceptors (Lipinski definition) is 4. The van der Waals surface area contributed by atoms with Crippen LogP contribution in [0.1, 0.15) is 52.3 Å². The monoisotopic (exact) mass is 344 g/mol. The maximum absolute atomic E-state index is 12.5.